The fourth-order valence-electron chi connectivity index (χ4n) is 2.90. The average Bonchev–Trinajstić information content (AvgIpc) is 2.68. The minimum Gasteiger partial charge on any atom is -0.484 e. The number of benzene rings is 2. The van der Waals surface area contributed by atoms with Crippen molar-refractivity contribution in [2.45, 2.75) is 45.7 Å². The van der Waals surface area contributed by atoms with E-state index in [4.69, 9.17) is 16.3 Å². The first kappa shape index (κ1) is 22.8. The van der Waals surface area contributed by atoms with Crippen LogP contribution in [-0.2, 0) is 21.5 Å². The zero-order valence-corrected chi connectivity index (χ0v) is 18.4. The fraction of sp³-hybridized carbons (Fsp3) is 0.391. The number of nitrogens with one attached hydrogen (secondary N) is 1. The number of likely N-dealkylation sites (N-methyl/N-ethyl adjacent to an activating group) is 1. The standard InChI is InChI=1S/C23H29ClN2O3/c1-16(22(28)25-5)26(14-17-7-6-8-19(24)13-17)21(27)15-29-20-11-9-18(10-12-20)23(2,3)4/h6-13,16H,14-15H2,1-5H3,(H,25,28)/t16-/m0/s1. The van der Waals surface area contributed by atoms with Gasteiger partial charge in [-0.3, -0.25) is 9.59 Å². The highest BCUT2D eigenvalue weighted by Crippen LogP contribution is 2.24. The van der Waals surface area contributed by atoms with Gasteiger partial charge in [0, 0.05) is 18.6 Å². The first-order chi connectivity index (χ1) is 13.6. The maximum atomic E-state index is 12.9. The number of hydrogen-bond acceptors (Lipinski definition) is 3. The summed E-state index contributed by atoms with van der Waals surface area (Å²) in [5, 5.41) is 3.17. The second-order valence-electron chi connectivity index (χ2n) is 8.00. The van der Waals surface area contributed by atoms with Crippen molar-refractivity contribution in [1.29, 1.82) is 0 Å². The SMILES string of the molecule is CNC(=O)[C@H](C)N(Cc1cccc(Cl)c1)C(=O)COc1ccc(C(C)(C)C)cc1. The first-order valence-electron chi connectivity index (χ1n) is 9.60. The van der Waals surface area contributed by atoms with Gasteiger partial charge in [-0.1, -0.05) is 56.6 Å². The lowest BCUT2D eigenvalue weighted by Gasteiger charge is -2.28. The minimum absolute atomic E-state index is 0.0467. The lowest BCUT2D eigenvalue weighted by molar-refractivity contribution is -0.142. The van der Waals surface area contributed by atoms with Crippen molar-refractivity contribution in [2.24, 2.45) is 0 Å². The van der Waals surface area contributed by atoms with Crippen LogP contribution in [0.15, 0.2) is 48.5 Å². The molecular weight excluding hydrogens is 388 g/mol. The summed E-state index contributed by atoms with van der Waals surface area (Å²) in [6.45, 7) is 8.22. The molecule has 2 rings (SSSR count). The molecule has 29 heavy (non-hydrogen) atoms. The van der Waals surface area contributed by atoms with Gasteiger partial charge in [-0.2, -0.15) is 0 Å². The maximum Gasteiger partial charge on any atom is 0.261 e. The van der Waals surface area contributed by atoms with Gasteiger partial charge in [0.15, 0.2) is 6.61 Å². The van der Waals surface area contributed by atoms with Gasteiger partial charge in [-0.25, -0.2) is 0 Å². The van der Waals surface area contributed by atoms with E-state index >= 15 is 0 Å². The van der Waals surface area contributed by atoms with Crippen molar-refractivity contribution < 1.29 is 14.3 Å². The molecule has 0 saturated heterocycles. The second-order valence-corrected chi connectivity index (χ2v) is 8.44. The van der Waals surface area contributed by atoms with Crippen molar-refractivity contribution in [3.8, 4) is 5.75 Å². The summed E-state index contributed by atoms with van der Waals surface area (Å²) < 4.78 is 5.69. The third-order valence-electron chi connectivity index (χ3n) is 4.74. The van der Waals surface area contributed by atoms with Crippen LogP contribution in [0.2, 0.25) is 5.02 Å². The lowest BCUT2D eigenvalue weighted by Crippen LogP contribution is -2.48. The molecule has 0 aliphatic rings. The number of carbonyl (C=O) groups excluding carboxylic acids is 2. The maximum absolute atomic E-state index is 12.9. The molecule has 0 aromatic heterocycles. The van der Waals surface area contributed by atoms with Gasteiger partial charge in [0.1, 0.15) is 11.8 Å². The monoisotopic (exact) mass is 416 g/mol. The number of rotatable bonds is 7. The Labute approximate surface area is 178 Å². The highest BCUT2D eigenvalue weighted by molar-refractivity contribution is 6.30. The summed E-state index contributed by atoms with van der Waals surface area (Å²) in [5.74, 6) is 0.0949. The number of nitrogens with zero attached hydrogens (tertiary/aromatic N) is 1. The van der Waals surface area contributed by atoms with Gasteiger partial charge < -0.3 is 15.0 Å². The molecule has 5 nitrogen and oxygen atoms in total. The van der Waals surface area contributed by atoms with E-state index in [2.05, 4.69) is 26.1 Å². The van der Waals surface area contributed by atoms with E-state index in [1.807, 2.05) is 36.4 Å². The molecule has 1 atom stereocenters. The smallest absolute Gasteiger partial charge is 0.261 e. The molecule has 0 bridgehead atoms. The molecule has 0 radical (unpaired) electrons. The predicted molar refractivity (Wildman–Crippen MR) is 116 cm³/mol. The van der Waals surface area contributed by atoms with E-state index < -0.39 is 6.04 Å². The molecule has 0 fully saturated rings. The van der Waals surface area contributed by atoms with Gasteiger partial charge >= 0.3 is 0 Å². The predicted octanol–water partition coefficient (Wildman–Crippen LogP) is 4.18. The number of hydrogen-bond donors (Lipinski definition) is 1. The molecule has 6 heteroatoms. The molecule has 2 aromatic rings. The summed E-state index contributed by atoms with van der Waals surface area (Å²) in [6, 6.07) is 14.3. The molecule has 2 aromatic carbocycles. The summed E-state index contributed by atoms with van der Waals surface area (Å²) >= 11 is 6.06. The van der Waals surface area contributed by atoms with E-state index in [1.54, 1.807) is 26.1 Å². The average molecular weight is 417 g/mol. The number of carbonyl (C=O) groups is 2. The van der Waals surface area contributed by atoms with Crippen LogP contribution >= 0.6 is 11.6 Å². The van der Waals surface area contributed by atoms with Gasteiger partial charge in [0.2, 0.25) is 5.91 Å². The normalized spacial score (nSPS) is 12.2. The van der Waals surface area contributed by atoms with Gasteiger partial charge in [0.25, 0.3) is 5.91 Å². The highest BCUT2D eigenvalue weighted by atomic mass is 35.5. The molecule has 0 saturated carbocycles. The zero-order valence-electron chi connectivity index (χ0n) is 17.7. The van der Waals surface area contributed by atoms with Crippen molar-refractivity contribution in [3.05, 3.63) is 64.7 Å². The highest BCUT2D eigenvalue weighted by Gasteiger charge is 2.26. The summed E-state index contributed by atoms with van der Waals surface area (Å²) in [7, 11) is 1.55. The van der Waals surface area contributed by atoms with Crippen molar-refractivity contribution in [1.82, 2.24) is 10.2 Å². The number of ether oxygens (including phenoxy) is 1. The van der Waals surface area contributed by atoms with Crippen LogP contribution in [0.4, 0.5) is 0 Å². The van der Waals surface area contributed by atoms with Crippen LogP contribution in [0.5, 0.6) is 5.75 Å². The quantitative estimate of drug-likeness (QED) is 0.736. The van der Waals surface area contributed by atoms with E-state index in [-0.39, 0.29) is 30.4 Å². The van der Waals surface area contributed by atoms with Gasteiger partial charge in [-0.15, -0.1) is 0 Å². The van der Waals surface area contributed by atoms with Crippen molar-refractivity contribution in [2.75, 3.05) is 13.7 Å². The van der Waals surface area contributed by atoms with E-state index in [0.717, 1.165) is 5.56 Å². The third kappa shape index (κ3) is 6.50. The fourth-order valence-corrected chi connectivity index (χ4v) is 3.12. The molecule has 0 aliphatic heterocycles. The Balaban J connectivity index is 2.11. The first-order valence-corrected chi connectivity index (χ1v) is 9.98. The third-order valence-corrected chi connectivity index (χ3v) is 4.97. The number of halogens is 1. The minimum atomic E-state index is -0.640. The van der Waals surface area contributed by atoms with Crippen molar-refractivity contribution in [3.63, 3.8) is 0 Å². The lowest BCUT2D eigenvalue weighted by atomic mass is 9.87. The molecule has 1 N–H and O–H groups in total. The van der Waals surface area contributed by atoms with Crippen LogP contribution in [-0.4, -0.2) is 36.4 Å². The van der Waals surface area contributed by atoms with Gasteiger partial charge in [-0.05, 0) is 47.7 Å². The number of amides is 2. The van der Waals surface area contributed by atoms with Crippen LogP contribution in [0.1, 0.15) is 38.8 Å². The largest absolute Gasteiger partial charge is 0.484 e. The summed E-state index contributed by atoms with van der Waals surface area (Å²) in [4.78, 5) is 26.5. The Morgan fingerprint density at radius 3 is 2.34 bits per heavy atom. The molecular formula is C23H29ClN2O3. The van der Waals surface area contributed by atoms with Crippen LogP contribution in [0.25, 0.3) is 0 Å². The van der Waals surface area contributed by atoms with E-state index in [1.165, 1.54) is 10.5 Å². The Morgan fingerprint density at radius 2 is 1.79 bits per heavy atom. The summed E-state index contributed by atoms with van der Waals surface area (Å²) in [5.41, 5.74) is 2.08. The topological polar surface area (TPSA) is 58.6 Å². The molecule has 0 aliphatic carbocycles. The summed E-state index contributed by atoms with van der Waals surface area (Å²) in [6.07, 6.45) is 0. The van der Waals surface area contributed by atoms with E-state index in [9.17, 15) is 9.59 Å². The Bertz CT molecular complexity index is 844. The van der Waals surface area contributed by atoms with Crippen LogP contribution in [0, 0.1) is 0 Å². The molecule has 0 spiro atoms. The Hall–Kier alpha value is -2.53. The Morgan fingerprint density at radius 1 is 1.14 bits per heavy atom. The van der Waals surface area contributed by atoms with Crippen LogP contribution < -0.4 is 10.1 Å². The zero-order chi connectivity index (χ0) is 21.6. The van der Waals surface area contributed by atoms with Crippen molar-refractivity contribution >= 4 is 23.4 Å². The van der Waals surface area contributed by atoms with Gasteiger partial charge in [0.05, 0.1) is 0 Å². The van der Waals surface area contributed by atoms with Crippen LogP contribution in [0.3, 0.4) is 0 Å². The molecule has 2 amide bonds. The van der Waals surface area contributed by atoms with E-state index in [0.29, 0.717) is 10.8 Å². The second kappa shape index (κ2) is 9.79. The molecule has 0 heterocycles. The Kier molecular flexibility index (Phi) is 7.68. The molecule has 156 valence electrons. The molecule has 0 unspecified atom stereocenters.